The van der Waals surface area contributed by atoms with Crippen LogP contribution < -0.4 is 5.32 Å². The normalized spacial score (nSPS) is 16.3. The van der Waals surface area contributed by atoms with Crippen LogP contribution in [-0.4, -0.2) is 61.3 Å². The van der Waals surface area contributed by atoms with Crippen molar-refractivity contribution in [2.45, 2.75) is 25.8 Å². The number of carbonyl (C=O) groups excluding carboxylic acids is 2. The third-order valence-corrected chi connectivity index (χ3v) is 5.61. The molecule has 0 aliphatic carbocycles. The van der Waals surface area contributed by atoms with Gasteiger partial charge in [0.1, 0.15) is 0 Å². The fraction of sp³-hybridized carbons (Fsp3) is 0.417. The SMILES string of the molecule is Cc1ccc(C(=O)CCC(=O)NCC(c2ccccc2)N2CCN(C)CC2)cc1. The third-order valence-electron chi connectivity index (χ3n) is 5.61. The van der Waals surface area contributed by atoms with E-state index in [-0.39, 0.29) is 30.6 Å². The summed E-state index contributed by atoms with van der Waals surface area (Å²) >= 11 is 0. The van der Waals surface area contributed by atoms with Gasteiger partial charge in [-0.2, -0.15) is 0 Å². The van der Waals surface area contributed by atoms with Crippen molar-refractivity contribution in [3.05, 3.63) is 71.3 Å². The molecule has 29 heavy (non-hydrogen) atoms. The summed E-state index contributed by atoms with van der Waals surface area (Å²) < 4.78 is 0. The molecule has 1 amide bonds. The molecule has 2 aromatic carbocycles. The lowest BCUT2D eigenvalue weighted by Gasteiger charge is -2.38. The van der Waals surface area contributed by atoms with E-state index in [9.17, 15) is 9.59 Å². The van der Waals surface area contributed by atoms with Gasteiger partial charge in [0.15, 0.2) is 5.78 Å². The molecule has 0 aromatic heterocycles. The van der Waals surface area contributed by atoms with Crippen LogP contribution in [0.5, 0.6) is 0 Å². The van der Waals surface area contributed by atoms with Crippen molar-refractivity contribution in [3.8, 4) is 0 Å². The van der Waals surface area contributed by atoms with Crippen LogP contribution in [0.15, 0.2) is 54.6 Å². The predicted octanol–water partition coefficient (Wildman–Crippen LogP) is 3.06. The Balaban J connectivity index is 1.53. The number of benzene rings is 2. The van der Waals surface area contributed by atoms with E-state index < -0.39 is 0 Å². The van der Waals surface area contributed by atoms with Gasteiger partial charge in [0.25, 0.3) is 0 Å². The number of carbonyl (C=O) groups is 2. The number of rotatable bonds is 8. The fourth-order valence-corrected chi connectivity index (χ4v) is 3.68. The standard InChI is InChI=1S/C24H31N3O2/c1-19-8-10-21(11-9-19)23(28)12-13-24(29)25-18-22(20-6-4-3-5-7-20)27-16-14-26(2)15-17-27/h3-11,22H,12-18H2,1-2H3,(H,25,29). The average Bonchev–Trinajstić information content (AvgIpc) is 2.74. The number of ketones is 1. The number of nitrogens with one attached hydrogen (secondary N) is 1. The van der Waals surface area contributed by atoms with Crippen molar-refractivity contribution < 1.29 is 9.59 Å². The summed E-state index contributed by atoms with van der Waals surface area (Å²) in [6, 6.07) is 18.0. The zero-order valence-electron chi connectivity index (χ0n) is 17.4. The number of piperazine rings is 1. The fourth-order valence-electron chi connectivity index (χ4n) is 3.68. The van der Waals surface area contributed by atoms with Crippen LogP contribution >= 0.6 is 0 Å². The maximum Gasteiger partial charge on any atom is 0.220 e. The first-order valence-electron chi connectivity index (χ1n) is 10.4. The molecule has 154 valence electrons. The minimum Gasteiger partial charge on any atom is -0.354 e. The molecule has 0 saturated carbocycles. The molecule has 1 aliphatic rings. The highest BCUT2D eigenvalue weighted by Crippen LogP contribution is 2.21. The predicted molar refractivity (Wildman–Crippen MR) is 116 cm³/mol. The molecule has 1 unspecified atom stereocenters. The van der Waals surface area contributed by atoms with Crippen molar-refractivity contribution in [2.24, 2.45) is 0 Å². The van der Waals surface area contributed by atoms with E-state index in [2.05, 4.69) is 34.3 Å². The zero-order valence-corrected chi connectivity index (χ0v) is 17.4. The summed E-state index contributed by atoms with van der Waals surface area (Å²) in [6.45, 7) is 6.58. The van der Waals surface area contributed by atoms with Gasteiger partial charge in [-0.05, 0) is 19.5 Å². The van der Waals surface area contributed by atoms with Gasteiger partial charge >= 0.3 is 0 Å². The van der Waals surface area contributed by atoms with Crippen molar-refractivity contribution in [2.75, 3.05) is 39.8 Å². The number of nitrogens with zero attached hydrogens (tertiary/aromatic N) is 2. The molecule has 1 aliphatic heterocycles. The monoisotopic (exact) mass is 393 g/mol. The van der Waals surface area contributed by atoms with Crippen molar-refractivity contribution in [3.63, 3.8) is 0 Å². The number of hydrogen-bond acceptors (Lipinski definition) is 4. The molecule has 1 N–H and O–H groups in total. The van der Waals surface area contributed by atoms with Crippen LogP contribution in [0.2, 0.25) is 0 Å². The molecule has 0 bridgehead atoms. The second-order valence-corrected chi connectivity index (χ2v) is 7.86. The Morgan fingerprint density at radius 2 is 1.59 bits per heavy atom. The lowest BCUT2D eigenvalue weighted by atomic mass is 10.0. The number of amides is 1. The second-order valence-electron chi connectivity index (χ2n) is 7.86. The Morgan fingerprint density at radius 1 is 0.931 bits per heavy atom. The Bertz CT molecular complexity index is 797. The molecule has 3 rings (SSSR count). The topological polar surface area (TPSA) is 52.7 Å². The number of aryl methyl sites for hydroxylation is 1. The zero-order chi connectivity index (χ0) is 20.6. The first kappa shape index (κ1) is 21.2. The van der Waals surface area contributed by atoms with Gasteiger partial charge in [-0.25, -0.2) is 0 Å². The lowest BCUT2D eigenvalue weighted by molar-refractivity contribution is -0.121. The van der Waals surface area contributed by atoms with Gasteiger partial charge < -0.3 is 10.2 Å². The summed E-state index contributed by atoms with van der Waals surface area (Å²) in [4.78, 5) is 29.5. The van der Waals surface area contributed by atoms with Crippen LogP contribution in [0.3, 0.4) is 0 Å². The highest BCUT2D eigenvalue weighted by atomic mass is 16.2. The smallest absolute Gasteiger partial charge is 0.220 e. The van der Waals surface area contributed by atoms with Crippen molar-refractivity contribution in [1.82, 2.24) is 15.1 Å². The summed E-state index contributed by atoms with van der Waals surface area (Å²) in [7, 11) is 2.14. The molecule has 1 saturated heterocycles. The minimum absolute atomic E-state index is 0.0128. The maximum absolute atomic E-state index is 12.4. The van der Waals surface area contributed by atoms with Crippen LogP contribution in [0, 0.1) is 6.92 Å². The van der Waals surface area contributed by atoms with Crippen LogP contribution in [0.1, 0.15) is 40.4 Å². The molecule has 2 aromatic rings. The van der Waals surface area contributed by atoms with Gasteiger partial charge in [0, 0.05) is 51.1 Å². The Hall–Kier alpha value is -2.50. The summed E-state index contributed by atoms with van der Waals surface area (Å²) in [5.41, 5.74) is 3.01. The second kappa shape index (κ2) is 10.3. The average molecular weight is 394 g/mol. The molecule has 1 atom stereocenters. The van der Waals surface area contributed by atoms with E-state index in [1.807, 2.05) is 49.4 Å². The van der Waals surface area contributed by atoms with Gasteiger partial charge in [-0.1, -0.05) is 60.2 Å². The van der Waals surface area contributed by atoms with Gasteiger partial charge in [0.05, 0.1) is 6.04 Å². The Morgan fingerprint density at radius 3 is 2.24 bits per heavy atom. The highest BCUT2D eigenvalue weighted by molar-refractivity contribution is 5.97. The summed E-state index contributed by atoms with van der Waals surface area (Å²) in [5, 5.41) is 3.06. The van der Waals surface area contributed by atoms with Crippen LogP contribution in [-0.2, 0) is 4.79 Å². The molecule has 5 nitrogen and oxygen atoms in total. The van der Waals surface area contributed by atoms with Gasteiger partial charge in [0.2, 0.25) is 5.91 Å². The minimum atomic E-state index is -0.0690. The highest BCUT2D eigenvalue weighted by Gasteiger charge is 2.24. The number of hydrogen-bond donors (Lipinski definition) is 1. The third kappa shape index (κ3) is 6.24. The Labute approximate surface area is 173 Å². The van der Waals surface area contributed by atoms with Crippen LogP contribution in [0.4, 0.5) is 0 Å². The molecule has 1 heterocycles. The lowest BCUT2D eigenvalue weighted by Crippen LogP contribution is -2.48. The summed E-state index contributed by atoms with van der Waals surface area (Å²) in [5.74, 6) is -0.0562. The first-order chi connectivity index (χ1) is 14.0. The maximum atomic E-state index is 12.4. The van der Waals surface area contributed by atoms with Crippen molar-refractivity contribution in [1.29, 1.82) is 0 Å². The molecular weight excluding hydrogens is 362 g/mol. The van der Waals surface area contributed by atoms with E-state index in [1.54, 1.807) is 0 Å². The Kier molecular flexibility index (Phi) is 7.55. The molecule has 0 spiro atoms. The van der Waals surface area contributed by atoms with E-state index in [0.717, 1.165) is 31.7 Å². The van der Waals surface area contributed by atoms with Crippen molar-refractivity contribution >= 4 is 11.7 Å². The number of Topliss-reactive ketones (excluding diaryl/α,β-unsaturated/α-hetero) is 1. The van der Waals surface area contributed by atoms with Crippen LogP contribution in [0.25, 0.3) is 0 Å². The summed E-state index contributed by atoms with van der Waals surface area (Å²) in [6.07, 6.45) is 0.455. The van der Waals surface area contributed by atoms with E-state index in [1.165, 1.54) is 5.56 Å². The van der Waals surface area contributed by atoms with E-state index in [4.69, 9.17) is 0 Å². The van der Waals surface area contributed by atoms with E-state index in [0.29, 0.717) is 12.1 Å². The van der Waals surface area contributed by atoms with Gasteiger partial charge in [-0.3, -0.25) is 14.5 Å². The number of likely N-dealkylation sites (N-methyl/N-ethyl adjacent to an activating group) is 1. The molecule has 1 fully saturated rings. The largest absolute Gasteiger partial charge is 0.354 e. The quantitative estimate of drug-likeness (QED) is 0.701. The van der Waals surface area contributed by atoms with E-state index >= 15 is 0 Å². The van der Waals surface area contributed by atoms with Gasteiger partial charge in [-0.15, -0.1) is 0 Å². The molecule has 5 heteroatoms. The molecule has 0 radical (unpaired) electrons. The first-order valence-corrected chi connectivity index (χ1v) is 10.4. The molecular formula is C24H31N3O2.